The van der Waals surface area contributed by atoms with Crippen LogP contribution in [-0.4, -0.2) is 38.7 Å². The van der Waals surface area contributed by atoms with Gasteiger partial charge in [-0.15, -0.1) is 0 Å². The Morgan fingerprint density at radius 2 is 1.93 bits per heavy atom. The van der Waals surface area contributed by atoms with Gasteiger partial charge in [0.05, 0.1) is 11.9 Å². The lowest BCUT2D eigenvalue weighted by Gasteiger charge is -2.26. The minimum atomic E-state index is -5.08. The average Bonchev–Trinajstić information content (AvgIpc) is 3.02. The number of aromatic nitrogens is 2. The number of benzene rings is 1. The Morgan fingerprint density at radius 3 is 2.59 bits per heavy atom. The molecule has 2 N–H and O–H groups in total. The molecule has 0 saturated heterocycles. The molecule has 1 aliphatic rings. The molecule has 3 aromatic rings. The summed E-state index contributed by atoms with van der Waals surface area (Å²) in [7, 11) is 0. The first-order chi connectivity index (χ1) is 13.6. The van der Waals surface area contributed by atoms with Gasteiger partial charge in [0, 0.05) is 48.7 Å². The minimum absolute atomic E-state index is 0.296. The molecule has 0 aliphatic carbocycles. The highest BCUT2D eigenvalue weighted by molar-refractivity contribution is 5.84. The molecule has 0 spiro atoms. The van der Waals surface area contributed by atoms with Gasteiger partial charge in [-0.05, 0) is 11.6 Å². The first-order valence-corrected chi connectivity index (χ1v) is 8.56. The van der Waals surface area contributed by atoms with Gasteiger partial charge < -0.3 is 10.1 Å². The van der Waals surface area contributed by atoms with Crippen molar-refractivity contribution in [1.29, 1.82) is 0 Å². The number of rotatable bonds is 2. The van der Waals surface area contributed by atoms with Gasteiger partial charge in [0.2, 0.25) is 0 Å². The number of H-pyrrole nitrogens is 1. The number of aliphatic carboxylic acids is 1. The topological polar surface area (TPSA) is 69.2 Å². The first kappa shape index (κ1) is 20.7. The summed E-state index contributed by atoms with van der Waals surface area (Å²) in [6.45, 7) is 1.97. The number of nitrogens with one attached hydrogen (secondary N) is 1. The SMILES string of the molecule is Fc1cnc(CN2CCc3[nH]c4ccccc4c3C2)c(F)c1.O=C(O)C(F)(F)F. The smallest absolute Gasteiger partial charge is 0.475 e. The van der Waals surface area contributed by atoms with Crippen LogP contribution in [0, 0.1) is 11.6 Å². The number of halogens is 5. The number of hydrogen-bond acceptors (Lipinski definition) is 3. The van der Waals surface area contributed by atoms with Gasteiger partial charge in [0.1, 0.15) is 11.6 Å². The molecule has 154 valence electrons. The Hall–Kier alpha value is -3.01. The van der Waals surface area contributed by atoms with E-state index in [0.29, 0.717) is 12.2 Å². The number of nitrogens with zero attached hydrogens (tertiary/aromatic N) is 2. The molecule has 0 fully saturated rings. The summed E-state index contributed by atoms with van der Waals surface area (Å²) in [6.07, 6.45) is -3.12. The van der Waals surface area contributed by atoms with E-state index in [0.717, 1.165) is 37.3 Å². The van der Waals surface area contributed by atoms with Crippen LogP contribution in [0.3, 0.4) is 0 Å². The summed E-state index contributed by atoms with van der Waals surface area (Å²) in [5.74, 6) is -3.98. The molecule has 5 nitrogen and oxygen atoms in total. The second-order valence-electron chi connectivity index (χ2n) is 6.47. The lowest BCUT2D eigenvalue weighted by Crippen LogP contribution is -2.30. The number of para-hydroxylation sites is 1. The van der Waals surface area contributed by atoms with E-state index in [1.807, 2.05) is 12.1 Å². The van der Waals surface area contributed by atoms with E-state index in [2.05, 4.69) is 27.0 Å². The van der Waals surface area contributed by atoms with Gasteiger partial charge in [-0.1, -0.05) is 18.2 Å². The average molecular weight is 413 g/mol. The molecule has 29 heavy (non-hydrogen) atoms. The van der Waals surface area contributed by atoms with Crippen molar-refractivity contribution in [2.75, 3.05) is 6.54 Å². The van der Waals surface area contributed by atoms with Crippen LogP contribution < -0.4 is 0 Å². The molecule has 0 amide bonds. The number of aromatic amines is 1. The second kappa shape index (κ2) is 8.16. The Morgan fingerprint density at radius 1 is 1.24 bits per heavy atom. The normalized spacial score (nSPS) is 14.2. The summed E-state index contributed by atoms with van der Waals surface area (Å²) in [4.78, 5) is 18.4. The molecule has 0 radical (unpaired) electrons. The zero-order valence-corrected chi connectivity index (χ0v) is 14.9. The lowest BCUT2D eigenvalue weighted by molar-refractivity contribution is -0.192. The maximum atomic E-state index is 13.8. The zero-order chi connectivity index (χ0) is 21.2. The van der Waals surface area contributed by atoms with Crippen LogP contribution in [0.25, 0.3) is 10.9 Å². The number of pyridine rings is 1. The van der Waals surface area contributed by atoms with E-state index in [9.17, 15) is 22.0 Å². The highest BCUT2D eigenvalue weighted by Gasteiger charge is 2.38. The molecule has 3 heterocycles. The molecule has 1 aliphatic heterocycles. The predicted molar refractivity (Wildman–Crippen MR) is 94.0 cm³/mol. The molecule has 1 aromatic carbocycles. The fraction of sp³-hybridized carbons (Fsp3) is 0.263. The van der Waals surface area contributed by atoms with Crippen molar-refractivity contribution in [2.24, 2.45) is 0 Å². The highest BCUT2D eigenvalue weighted by atomic mass is 19.4. The summed E-state index contributed by atoms with van der Waals surface area (Å²) >= 11 is 0. The fourth-order valence-corrected chi connectivity index (χ4v) is 3.13. The lowest BCUT2D eigenvalue weighted by atomic mass is 10.0. The highest BCUT2D eigenvalue weighted by Crippen LogP contribution is 2.28. The van der Waals surface area contributed by atoms with Gasteiger partial charge in [0.25, 0.3) is 0 Å². The number of carboxylic acids is 1. The Balaban J connectivity index is 0.000000298. The van der Waals surface area contributed by atoms with Gasteiger partial charge >= 0.3 is 12.1 Å². The largest absolute Gasteiger partial charge is 0.490 e. The third kappa shape index (κ3) is 4.89. The van der Waals surface area contributed by atoms with Crippen LogP contribution in [0.1, 0.15) is 17.0 Å². The van der Waals surface area contributed by atoms with Crippen molar-refractivity contribution in [3.05, 3.63) is 65.1 Å². The van der Waals surface area contributed by atoms with Gasteiger partial charge in [0.15, 0.2) is 0 Å². The van der Waals surface area contributed by atoms with E-state index >= 15 is 0 Å². The first-order valence-electron chi connectivity index (χ1n) is 8.56. The summed E-state index contributed by atoms with van der Waals surface area (Å²) in [5.41, 5.74) is 3.96. The monoisotopic (exact) mass is 413 g/mol. The summed E-state index contributed by atoms with van der Waals surface area (Å²) < 4.78 is 58.4. The van der Waals surface area contributed by atoms with Crippen LogP contribution in [0.2, 0.25) is 0 Å². The van der Waals surface area contributed by atoms with Crippen LogP contribution in [-0.2, 0) is 24.3 Å². The van der Waals surface area contributed by atoms with Crippen LogP contribution in [0.15, 0.2) is 36.5 Å². The number of alkyl halides is 3. The molecule has 0 unspecified atom stereocenters. The van der Waals surface area contributed by atoms with E-state index in [4.69, 9.17) is 9.90 Å². The quantitative estimate of drug-likeness (QED) is 0.623. The molecular weight excluding hydrogens is 397 g/mol. The van der Waals surface area contributed by atoms with Gasteiger partial charge in [-0.25, -0.2) is 13.6 Å². The molecule has 0 saturated carbocycles. The Kier molecular flexibility index (Phi) is 5.83. The van der Waals surface area contributed by atoms with Gasteiger partial charge in [-0.2, -0.15) is 13.2 Å². The third-order valence-electron chi connectivity index (χ3n) is 4.46. The van der Waals surface area contributed by atoms with E-state index in [1.165, 1.54) is 16.6 Å². The number of fused-ring (bicyclic) bond motifs is 3. The molecule has 4 rings (SSSR count). The van der Waals surface area contributed by atoms with Crippen molar-refractivity contribution in [2.45, 2.75) is 25.7 Å². The predicted octanol–water partition coefficient (Wildman–Crippen LogP) is 4.03. The third-order valence-corrected chi connectivity index (χ3v) is 4.46. The van der Waals surface area contributed by atoms with Crippen molar-refractivity contribution in [1.82, 2.24) is 14.9 Å². The zero-order valence-electron chi connectivity index (χ0n) is 14.9. The maximum absolute atomic E-state index is 13.8. The van der Waals surface area contributed by atoms with Gasteiger partial charge in [-0.3, -0.25) is 9.88 Å². The van der Waals surface area contributed by atoms with Crippen LogP contribution in [0.4, 0.5) is 22.0 Å². The van der Waals surface area contributed by atoms with Crippen molar-refractivity contribution < 1.29 is 31.9 Å². The van der Waals surface area contributed by atoms with Crippen molar-refractivity contribution in [3.8, 4) is 0 Å². The van der Waals surface area contributed by atoms with Crippen molar-refractivity contribution >= 4 is 16.9 Å². The number of carbonyl (C=O) groups is 1. The number of carboxylic acid groups (broad SMARTS) is 1. The minimum Gasteiger partial charge on any atom is -0.475 e. The van der Waals surface area contributed by atoms with E-state index in [-0.39, 0.29) is 0 Å². The molecule has 0 bridgehead atoms. The fourth-order valence-electron chi connectivity index (χ4n) is 3.13. The molecular formula is C19H16F5N3O2. The van der Waals surface area contributed by atoms with Crippen LogP contribution >= 0.6 is 0 Å². The van der Waals surface area contributed by atoms with Crippen LogP contribution in [0.5, 0.6) is 0 Å². The van der Waals surface area contributed by atoms with Crippen molar-refractivity contribution in [3.63, 3.8) is 0 Å². The van der Waals surface area contributed by atoms with E-state index < -0.39 is 23.8 Å². The maximum Gasteiger partial charge on any atom is 0.490 e. The Bertz CT molecular complexity index is 1030. The Labute approximate surface area is 161 Å². The molecule has 10 heteroatoms. The summed E-state index contributed by atoms with van der Waals surface area (Å²) in [6, 6.07) is 9.10. The molecule has 0 atom stereocenters. The second-order valence-corrected chi connectivity index (χ2v) is 6.47. The van der Waals surface area contributed by atoms with E-state index in [1.54, 1.807) is 0 Å². The molecule has 2 aromatic heterocycles. The summed E-state index contributed by atoms with van der Waals surface area (Å²) in [5, 5.41) is 8.34. The standard InChI is InChI=1S/C17H15F2N3.C2HF3O2/c18-11-7-14(19)17(20-8-11)10-22-6-5-16-13(9-22)12-3-1-2-4-15(12)21-16;3-2(4,5)1(6)7/h1-4,7-8,21H,5-6,9-10H2;(H,6,7). The number of hydrogen-bond donors (Lipinski definition) is 2.